The Morgan fingerprint density at radius 1 is 1.09 bits per heavy atom. The number of hydrogen-bond acceptors (Lipinski definition) is 1. The number of fused-ring (bicyclic) bond motifs is 1. The Balaban J connectivity index is 1.99. The molecule has 1 N–H and O–H groups in total. The SMILES string of the molecule is C[C@@H]1CCC[C@@H]2CCCN[C@H]21. The van der Waals surface area contributed by atoms with Crippen LogP contribution >= 0.6 is 0 Å². The Morgan fingerprint density at radius 3 is 2.73 bits per heavy atom. The summed E-state index contributed by atoms with van der Waals surface area (Å²) in [6, 6.07) is 0.873. The van der Waals surface area contributed by atoms with Gasteiger partial charge in [-0.25, -0.2) is 0 Å². The van der Waals surface area contributed by atoms with Crippen LogP contribution in [0.4, 0.5) is 0 Å². The first-order valence-electron chi connectivity index (χ1n) is 5.11. The number of nitrogens with one attached hydrogen (secondary N) is 1. The van der Waals surface area contributed by atoms with Crippen molar-refractivity contribution in [1.29, 1.82) is 0 Å². The third-order valence-electron chi connectivity index (χ3n) is 3.49. The maximum Gasteiger partial charge on any atom is 0.0121 e. The molecule has 3 atom stereocenters. The molecule has 1 saturated carbocycles. The molecular formula is C10H19N. The van der Waals surface area contributed by atoms with Crippen LogP contribution in [0.3, 0.4) is 0 Å². The van der Waals surface area contributed by atoms with E-state index in [0.29, 0.717) is 0 Å². The zero-order valence-corrected chi connectivity index (χ0v) is 7.47. The summed E-state index contributed by atoms with van der Waals surface area (Å²) >= 11 is 0. The quantitative estimate of drug-likeness (QED) is 0.562. The molecule has 2 rings (SSSR count). The molecule has 0 radical (unpaired) electrons. The average molecular weight is 153 g/mol. The van der Waals surface area contributed by atoms with Gasteiger partial charge in [0.05, 0.1) is 0 Å². The van der Waals surface area contributed by atoms with Gasteiger partial charge in [0.1, 0.15) is 0 Å². The van der Waals surface area contributed by atoms with Crippen molar-refractivity contribution >= 4 is 0 Å². The van der Waals surface area contributed by atoms with Gasteiger partial charge in [-0.1, -0.05) is 13.3 Å². The molecule has 0 aromatic rings. The predicted octanol–water partition coefficient (Wildman–Crippen LogP) is 2.17. The Morgan fingerprint density at radius 2 is 1.91 bits per heavy atom. The molecule has 1 saturated heterocycles. The van der Waals surface area contributed by atoms with E-state index in [1.807, 2.05) is 0 Å². The molecule has 1 aliphatic heterocycles. The highest BCUT2D eigenvalue weighted by molar-refractivity contribution is 4.88. The topological polar surface area (TPSA) is 12.0 Å². The first-order valence-corrected chi connectivity index (χ1v) is 5.11. The molecule has 0 unspecified atom stereocenters. The molecule has 0 aromatic carbocycles. The van der Waals surface area contributed by atoms with Crippen molar-refractivity contribution in [3.8, 4) is 0 Å². The minimum absolute atomic E-state index is 0.873. The zero-order valence-electron chi connectivity index (χ0n) is 7.47. The fourth-order valence-corrected chi connectivity index (χ4v) is 2.85. The van der Waals surface area contributed by atoms with Crippen LogP contribution in [-0.2, 0) is 0 Å². The average Bonchev–Trinajstić information content (AvgIpc) is 2.06. The van der Waals surface area contributed by atoms with E-state index in [1.54, 1.807) is 0 Å². The van der Waals surface area contributed by atoms with Crippen molar-refractivity contribution in [3.05, 3.63) is 0 Å². The Kier molecular flexibility index (Phi) is 2.17. The predicted molar refractivity (Wildman–Crippen MR) is 47.5 cm³/mol. The van der Waals surface area contributed by atoms with Gasteiger partial charge in [0.15, 0.2) is 0 Å². The van der Waals surface area contributed by atoms with Crippen molar-refractivity contribution in [3.63, 3.8) is 0 Å². The summed E-state index contributed by atoms with van der Waals surface area (Å²) in [5, 5.41) is 3.67. The summed E-state index contributed by atoms with van der Waals surface area (Å²) in [5.41, 5.74) is 0. The van der Waals surface area contributed by atoms with Gasteiger partial charge in [-0.2, -0.15) is 0 Å². The zero-order chi connectivity index (χ0) is 7.68. The van der Waals surface area contributed by atoms with Gasteiger partial charge in [-0.15, -0.1) is 0 Å². The summed E-state index contributed by atoms with van der Waals surface area (Å²) in [7, 11) is 0. The maximum absolute atomic E-state index is 3.67. The second kappa shape index (κ2) is 3.14. The van der Waals surface area contributed by atoms with Crippen molar-refractivity contribution in [1.82, 2.24) is 5.32 Å². The standard InChI is InChI=1S/C10H19N/c1-8-4-2-5-9-6-3-7-11-10(8)9/h8-11H,2-7H2,1H3/t8-,9-,10+/m1/s1. The van der Waals surface area contributed by atoms with Gasteiger partial charge >= 0.3 is 0 Å². The molecule has 0 aromatic heterocycles. The Labute approximate surface area is 69.6 Å². The van der Waals surface area contributed by atoms with Gasteiger partial charge in [0.25, 0.3) is 0 Å². The normalized spacial score (nSPS) is 45.0. The van der Waals surface area contributed by atoms with Crippen LogP contribution in [0.15, 0.2) is 0 Å². The van der Waals surface area contributed by atoms with Gasteiger partial charge in [0.2, 0.25) is 0 Å². The van der Waals surface area contributed by atoms with Crippen LogP contribution in [0.1, 0.15) is 39.0 Å². The first kappa shape index (κ1) is 7.60. The van der Waals surface area contributed by atoms with Gasteiger partial charge in [0, 0.05) is 6.04 Å². The Bertz CT molecular complexity index is 131. The lowest BCUT2D eigenvalue weighted by molar-refractivity contribution is 0.157. The monoisotopic (exact) mass is 153 g/mol. The van der Waals surface area contributed by atoms with E-state index in [0.717, 1.165) is 17.9 Å². The van der Waals surface area contributed by atoms with Crippen LogP contribution in [0.2, 0.25) is 0 Å². The fraction of sp³-hybridized carbons (Fsp3) is 1.00. The molecule has 1 heterocycles. The highest BCUT2D eigenvalue weighted by Crippen LogP contribution is 2.33. The summed E-state index contributed by atoms with van der Waals surface area (Å²) in [6.45, 7) is 3.68. The molecule has 0 spiro atoms. The van der Waals surface area contributed by atoms with Gasteiger partial charge < -0.3 is 5.32 Å². The van der Waals surface area contributed by atoms with Crippen molar-refractivity contribution in [2.45, 2.75) is 45.1 Å². The van der Waals surface area contributed by atoms with Crippen molar-refractivity contribution < 1.29 is 0 Å². The number of rotatable bonds is 0. The summed E-state index contributed by atoms with van der Waals surface area (Å²) in [5.74, 6) is 1.96. The minimum atomic E-state index is 0.873. The molecule has 1 nitrogen and oxygen atoms in total. The van der Waals surface area contributed by atoms with Crippen LogP contribution < -0.4 is 5.32 Å². The minimum Gasteiger partial charge on any atom is -0.313 e. The van der Waals surface area contributed by atoms with Crippen LogP contribution in [0.5, 0.6) is 0 Å². The van der Waals surface area contributed by atoms with Crippen molar-refractivity contribution in [2.75, 3.05) is 6.54 Å². The van der Waals surface area contributed by atoms with Crippen LogP contribution in [0, 0.1) is 11.8 Å². The molecular weight excluding hydrogens is 134 g/mol. The Hall–Kier alpha value is -0.0400. The highest BCUT2D eigenvalue weighted by atomic mass is 14.9. The van der Waals surface area contributed by atoms with E-state index in [9.17, 15) is 0 Å². The molecule has 2 aliphatic rings. The van der Waals surface area contributed by atoms with Gasteiger partial charge in [-0.05, 0) is 44.1 Å². The number of piperidine rings is 1. The van der Waals surface area contributed by atoms with Crippen LogP contribution in [0.25, 0.3) is 0 Å². The molecule has 1 aliphatic carbocycles. The molecule has 11 heavy (non-hydrogen) atoms. The summed E-state index contributed by atoms with van der Waals surface area (Å²) in [4.78, 5) is 0. The molecule has 2 fully saturated rings. The maximum atomic E-state index is 3.67. The smallest absolute Gasteiger partial charge is 0.0121 e. The van der Waals surface area contributed by atoms with E-state index in [2.05, 4.69) is 12.2 Å². The molecule has 0 amide bonds. The lowest BCUT2D eigenvalue weighted by Gasteiger charge is -2.40. The van der Waals surface area contributed by atoms with E-state index in [4.69, 9.17) is 0 Å². The molecule has 1 heteroatoms. The van der Waals surface area contributed by atoms with Crippen LogP contribution in [-0.4, -0.2) is 12.6 Å². The highest BCUT2D eigenvalue weighted by Gasteiger charge is 2.31. The summed E-state index contributed by atoms with van der Waals surface area (Å²) < 4.78 is 0. The van der Waals surface area contributed by atoms with E-state index >= 15 is 0 Å². The van der Waals surface area contributed by atoms with E-state index in [-0.39, 0.29) is 0 Å². The molecule has 64 valence electrons. The first-order chi connectivity index (χ1) is 5.38. The lowest BCUT2D eigenvalue weighted by atomic mass is 9.74. The second-order valence-electron chi connectivity index (χ2n) is 4.29. The lowest BCUT2D eigenvalue weighted by Crippen LogP contribution is -2.47. The number of hydrogen-bond donors (Lipinski definition) is 1. The summed E-state index contributed by atoms with van der Waals surface area (Å²) in [6.07, 6.45) is 7.32. The third-order valence-corrected chi connectivity index (χ3v) is 3.49. The van der Waals surface area contributed by atoms with Crippen molar-refractivity contribution in [2.24, 2.45) is 11.8 Å². The largest absolute Gasteiger partial charge is 0.313 e. The second-order valence-corrected chi connectivity index (χ2v) is 4.29. The van der Waals surface area contributed by atoms with E-state index in [1.165, 1.54) is 38.6 Å². The van der Waals surface area contributed by atoms with E-state index < -0.39 is 0 Å². The fourth-order valence-electron chi connectivity index (χ4n) is 2.85. The van der Waals surface area contributed by atoms with Gasteiger partial charge in [-0.3, -0.25) is 0 Å². The molecule has 0 bridgehead atoms. The third kappa shape index (κ3) is 1.44.